The first-order valence-electron chi connectivity index (χ1n) is 6.20. The lowest BCUT2D eigenvalue weighted by Crippen LogP contribution is -2.49. The third-order valence-electron chi connectivity index (χ3n) is 3.09. The minimum Gasteiger partial charge on any atom is -0.383 e. The summed E-state index contributed by atoms with van der Waals surface area (Å²) in [5.41, 5.74) is 0. The molecule has 1 heterocycles. The van der Waals surface area contributed by atoms with E-state index in [2.05, 4.69) is 5.32 Å². The Balaban J connectivity index is 2.75. The molecule has 1 aliphatic rings. The Kier molecular flexibility index (Phi) is 5.85. The van der Waals surface area contributed by atoms with Crippen LogP contribution in [-0.2, 0) is 14.8 Å². The molecular formula is C11H24N2O3S. The number of methoxy groups -OCH3 is 1. The fourth-order valence-corrected chi connectivity index (χ4v) is 4.22. The average Bonchev–Trinajstić information content (AvgIpc) is 2.30. The first kappa shape index (κ1) is 14.9. The van der Waals surface area contributed by atoms with Crippen LogP contribution < -0.4 is 5.32 Å². The van der Waals surface area contributed by atoms with Crippen molar-refractivity contribution in [1.82, 2.24) is 9.62 Å². The molecule has 17 heavy (non-hydrogen) atoms. The smallest absolute Gasteiger partial charge is 0.218 e. The van der Waals surface area contributed by atoms with Crippen molar-refractivity contribution >= 4 is 10.0 Å². The zero-order valence-corrected chi connectivity index (χ0v) is 11.8. The van der Waals surface area contributed by atoms with Gasteiger partial charge >= 0.3 is 0 Å². The molecule has 1 unspecified atom stereocenters. The summed E-state index contributed by atoms with van der Waals surface area (Å²) < 4.78 is 31.5. The van der Waals surface area contributed by atoms with Gasteiger partial charge in [-0.15, -0.1) is 0 Å². The van der Waals surface area contributed by atoms with Gasteiger partial charge in [-0.1, -0.05) is 0 Å². The molecule has 102 valence electrons. The number of nitrogens with zero attached hydrogens (tertiary/aromatic N) is 1. The molecular weight excluding hydrogens is 240 g/mol. The standard InChI is InChI=1S/C11H24N2O3S/c1-10(2)13(7-8-16-3)17(14,15)11-5-4-6-12-9-11/h10-12H,4-9H2,1-3H3. The molecule has 0 saturated carbocycles. The first-order chi connectivity index (χ1) is 8.00. The average molecular weight is 264 g/mol. The van der Waals surface area contributed by atoms with Gasteiger partial charge in [0.15, 0.2) is 0 Å². The fourth-order valence-electron chi connectivity index (χ4n) is 2.13. The summed E-state index contributed by atoms with van der Waals surface area (Å²) in [6.07, 6.45) is 1.69. The van der Waals surface area contributed by atoms with Crippen LogP contribution >= 0.6 is 0 Å². The van der Waals surface area contributed by atoms with Crippen molar-refractivity contribution < 1.29 is 13.2 Å². The zero-order valence-electron chi connectivity index (χ0n) is 11.0. The molecule has 1 fully saturated rings. The number of rotatable bonds is 6. The van der Waals surface area contributed by atoms with E-state index in [0.29, 0.717) is 19.7 Å². The molecule has 0 spiro atoms. The molecule has 0 amide bonds. The van der Waals surface area contributed by atoms with Gasteiger partial charge in [0.2, 0.25) is 10.0 Å². The summed E-state index contributed by atoms with van der Waals surface area (Å²) in [4.78, 5) is 0. The van der Waals surface area contributed by atoms with Crippen LogP contribution in [0.4, 0.5) is 0 Å². The molecule has 0 aromatic carbocycles. The van der Waals surface area contributed by atoms with Gasteiger partial charge in [-0.25, -0.2) is 8.42 Å². The van der Waals surface area contributed by atoms with Crippen LogP contribution in [0, 0.1) is 0 Å². The normalized spacial score (nSPS) is 22.3. The number of nitrogens with one attached hydrogen (secondary N) is 1. The van der Waals surface area contributed by atoms with E-state index in [1.165, 1.54) is 0 Å². The van der Waals surface area contributed by atoms with Crippen molar-refractivity contribution in [2.75, 3.05) is 33.4 Å². The molecule has 1 aliphatic heterocycles. The van der Waals surface area contributed by atoms with Gasteiger partial charge in [-0.2, -0.15) is 4.31 Å². The van der Waals surface area contributed by atoms with E-state index < -0.39 is 10.0 Å². The highest BCUT2D eigenvalue weighted by molar-refractivity contribution is 7.89. The Morgan fingerprint density at radius 1 is 1.47 bits per heavy atom. The van der Waals surface area contributed by atoms with Crippen molar-refractivity contribution in [2.45, 2.75) is 38.0 Å². The Hall–Kier alpha value is -0.170. The third-order valence-corrected chi connectivity index (χ3v) is 5.59. The van der Waals surface area contributed by atoms with Gasteiger partial charge < -0.3 is 10.1 Å². The molecule has 1 saturated heterocycles. The zero-order chi connectivity index (χ0) is 12.9. The number of sulfonamides is 1. The van der Waals surface area contributed by atoms with E-state index in [0.717, 1.165) is 19.4 Å². The Bertz CT molecular complexity index is 311. The van der Waals surface area contributed by atoms with Gasteiger partial charge in [0.25, 0.3) is 0 Å². The minimum absolute atomic E-state index is 0.0166. The highest BCUT2D eigenvalue weighted by atomic mass is 32.2. The Labute approximate surface area is 105 Å². The van der Waals surface area contributed by atoms with E-state index in [4.69, 9.17) is 4.74 Å². The molecule has 0 radical (unpaired) electrons. The van der Waals surface area contributed by atoms with Crippen LogP contribution in [0.5, 0.6) is 0 Å². The van der Waals surface area contributed by atoms with Gasteiger partial charge in [-0.05, 0) is 33.2 Å². The molecule has 0 bridgehead atoms. The second-order valence-corrected chi connectivity index (χ2v) is 6.88. The summed E-state index contributed by atoms with van der Waals surface area (Å²) in [5, 5.41) is 2.87. The van der Waals surface area contributed by atoms with Gasteiger partial charge in [0.05, 0.1) is 11.9 Å². The van der Waals surface area contributed by atoms with Crippen LogP contribution in [0.2, 0.25) is 0 Å². The molecule has 1 rings (SSSR count). The van der Waals surface area contributed by atoms with E-state index >= 15 is 0 Å². The summed E-state index contributed by atoms with van der Waals surface area (Å²) in [5.74, 6) is 0. The van der Waals surface area contributed by atoms with Crippen molar-refractivity contribution in [3.8, 4) is 0 Å². The highest BCUT2D eigenvalue weighted by Gasteiger charge is 2.34. The maximum Gasteiger partial charge on any atom is 0.218 e. The predicted octanol–water partition coefficient (Wildman–Crippen LogP) is 0.425. The van der Waals surface area contributed by atoms with Crippen molar-refractivity contribution in [3.05, 3.63) is 0 Å². The quantitative estimate of drug-likeness (QED) is 0.755. The lowest BCUT2D eigenvalue weighted by Gasteiger charge is -2.32. The number of hydrogen-bond donors (Lipinski definition) is 1. The molecule has 6 heteroatoms. The van der Waals surface area contributed by atoms with Crippen LogP contribution in [0.1, 0.15) is 26.7 Å². The molecule has 0 aromatic rings. The summed E-state index contributed by atoms with van der Waals surface area (Å²) in [6.45, 7) is 6.18. The lowest BCUT2D eigenvalue weighted by molar-refractivity contribution is 0.170. The van der Waals surface area contributed by atoms with Gasteiger partial charge in [0.1, 0.15) is 0 Å². The van der Waals surface area contributed by atoms with Crippen molar-refractivity contribution in [2.24, 2.45) is 0 Å². The number of piperidine rings is 1. The van der Waals surface area contributed by atoms with E-state index in [1.54, 1.807) is 11.4 Å². The summed E-state index contributed by atoms with van der Waals surface area (Å²) in [7, 11) is -1.61. The monoisotopic (exact) mass is 264 g/mol. The van der Waals surface area contributed by atoms with E-state index in [9.17, 15) is 8.42 Å². The molecule has 0 aliphatic carbocycles. The summed E-state index contributed by atoms with van der Waals surface area (Å²) in [6, 6.07) is -0.0166. The van der Waals surface area contributed by atoms with Gasteiger partial charge in [-0.3, -0.25) is 0 Å². The van der Waals surface area contributed by atoms with Crippen LogP contribution in [0.3, 0.4) is 0 Å². The maximum absolute atomic E-state index is 12.5. The Morgan fingerprint density at radius 2 is 2.18 bits per heavy atom. The predicted molar refractivity (Wildman–Crippen MR) is 68.5 cm³/mol. The number of hydrogen-bond acceptors (Lipinski definition) is 4. The van der Waals surface area contributed by atoms with Crippen LogP contribution in [-0.4, -0.2) is 57.4 Å². The van der Waals surface area contributed by atoms with E-state index in [1.807, 2.05) is 13.8 Å². The minimum atomic E-state index is -3.20. The molecule has 5 nitrogen and oxygen atoms in total. The maximum atomic E-state index is 12.5. The summed E-state index contributed by atoms with van der Waals surface area (Å²) >= 11 is 0. The third kappa shape index (κ3) is 3.91. The molecule has 1 atom stereocenters. The topological polar surface area (TPSA) is 58.6 Å². The largest absolute Gasteiger partial charge is 0.383 e. The van der Waals surface area contributed by atoms with E-state index in [-0.39, 0.29) is 11.3 Å². The van der Waals surface area contributed by atoms with Crippen molar-refractivity contribution in [3.63, 3.8) is 0 Å². The van der Waals surface area contributed by atoms with Gasteiger partial charge in [0, 0.05) is 26.2 Å². The second-order valence-electron chi connectivity index (χ2n) is 4.71. The second kappa shape index (κ2) is 6.68. The SMILES string of the molecule is COCCN(C(C)C)S(=O)(=O)C1CCCNC1. The molecule has 0 aromatic heterocycles. The van der Waals surface area contributed by atoms with Crippen LogP contribution in [0.25, 0.3) is 0 Å². The lowest BCUT2D eigenvalue weighted by atomic mass is 10.2. The van der Waals surface area contributed by atoms with Crippen LogP contribution in [0.15, 0.2) is 0 Å². The van der Waals surface area contributed by atoms with Crippen molar-refractivity contribution in [1.29, 1.82) is 0 Å². The highest BCUT2D eigenvalue weighted by Crippen LogP contribution is 2.18. The Morgan fingerprint density at radius 3 is 2.65 bits per heavy atom. The molecule has 1 N–H and O–H groups in total. The fraction of sp³-hybridized carbons (Fsp3) is 1.00. The first-order valence-corrected chi connectivity index (χ1v) is 7.70. The number of ether oxygens (including phenoxy) is 1.